The summed E-state index contributed by atoms with van der Waals surface area (Å²) < 4.78 is 0. The number of nitrogens with zero attached hydrogens (tertiary/aromatic N) is 3. The van der Waals surface area contributed by atoms with Gasteiger partial charge in [0.1, 0.15) is 11.5 Å². The molecule has 2 aromatic carbocycles. The van der Waals surface area contributed by atoms with E-state index in [1.165, 1.54) is 19.3 Å². The first-order valence-corrected chi connectivity index (χ1v) is 10.7. The molecule has 0 radical (unpaired) electrons. The number of nitrogens with one attached hydrogen (secondary N) is 3. The first-order valence-electron chi connectivity index (χ1n) is 10.7. The van der Waals surface area contributed by atoms with Crippen LogP contribution in [-0.4, -0.2) is 32.1 Å². The van der Waals surface area contributed by atoms with E-state index in [-0.39, 0.29) is 11.9 Å². The highest BCUT2D eigenvalue weighted by Gasteiger charge is 2.18. The number of anilines is 2. The van der Waals surface area contributed by atoms with Crippen LogP contribution < -0.4 is 10.6 Å². The van der Waals surface area contributed by atoms with Gasteiger partial charge < -0.3 is 10.6 Å². The van der Waals surface area contributed by atoms with Crippen molar-refractivity contribution in [1.29, 1.82) is 0 Å². The molecule has 1 saturated carbocycles. The van der Waals surface area contributed by atoms with Gasteiger partial charge in [0, 0.05) is 23.1 Å². The van der Waals surface area contributed by atoms with Crippen molar-refractivity contribution >= 4 is 28.4 Å². The largest absolute Gasteiger partial charge is 0.348 e. The molecular formula is C24H24N6O. The van der Waals surface area contributed by atoms with Crippen LogP contribution in [0.15, 0.2) is 60.7 Å². The maximum Gasteiger partial charge on any atom is 0.269 e. The summed E-state index contributed by atoms with van der Waals surface area (Å²) in [5, 5.41) is 14.4. The standard InChI is InChI=1S/C24H24N6O/c31-24(25-17-11-5-2-6-12-17)20-15-21(30-29-20)27-23-18-13-7-8-14-19(18)26-22(28-23)16-9-3-1-4-10-16/h1,3-4,7-10,13-15,17H,2,5-6,11-12H2,(H,25,31)(H2,26,27,28,29,30). The van der Waals surface area contributed by atoms with Crippen LogP contribution in [0.1, 0.15) is 42.6 Å². The lowest BCUT2D eigenvalue weighted by atomic mass is 9.95. The molecule has 2 aromatic heterocycles. The van der Waals surface area contributed by atoms with Gasteiger partial charge in [-0.05, 0) is 25.0 Å². The van der Waals surface area contributed by atoms with Crippen LogP contribution in [0.3, 0.4) is 0 Å². The molecule has 0 spiro atoms. The lowest BCUT2D eigenvalue weighted by molar-refractivity contribution is 0.0922. The number of amides is 1. The van der Waals surface area contributed by atoms with E-state index in [1.54, 1.807) is 6.07 Å². The second-order valence-corrected chi connectivity index (χ2v) is 7.88. The number of carbonyl (C=O) groups excluding carboxylic acids is 1. The number of aromatic amines is 1. The summed E-state index contributed by atoms with van der Waals surface area (Å²) in [6.45, 7) is 0. The summed E-state index contributed by atoms with van der Waals surface area (Å²) in [6, 6.07) is 19.7. The Morgan fingerprint density at radius 2 is 1.71 bits per heavy atom. The van der Waals surface area contributed by atoms with Crippen molar-refractivity contribution in [2.24, 2.45) is 0 Å². The zero-order valence-electron chi connectivity index (χ0n) is 17.1. The van der Waals surface area contributed by atoms with E-state index < -0.39 is 0 Å². The summed E-state index contributed by atoms with van der Waals surface area (Å²) in [5.74, 6) is 1.70. The Balaban J connectivity index is 1.41. The fourth-order valence-corrected chi connectivity index (χ4v) is 4.02. The molecule has 7 heteroatoms. The predicted octanol–water partition coefficient (Wildman–Crippen LogP) is 4.83. The van der Waals surface area contributed by atoms with Gasteiger partial charge in [0.25, 0.3) is 5.91 Å². The summed E-state index contributed by atoms with van der Waals surface area (Å²) >= 11 is 0. The van der Waals surface area contributed by atoms with Crippen molar-refractivity contribution in [2.75, 3.05) is 5.32 Å². The Kier molecular flexibility index (Phi) is 5.31. The minimum Gasteiger partial charge on any atom is -0.348 e. The van der Waals surface area contributed by atoms with E-state index in [9.17, 15) is 4.79 Å². The summed E-state index contributed by atoms with van der Waals surface area (Å²) in [4.78, 5) is 22.0. The van der Waals surface area contributed by atoms with Crippen LogP contribution in [0.25, 0.3) is 22.3 Å². The van der Waals surface area contributed by atoms with Crippen molar-refractivity contribution in [3.8, 4) is 11.4 Å². The topological polar surface area (TPSA) is 95.6 Å². The van der Waals surface area contributed by atoms with Crippen LogP contribution in [-0.2, 0) is 0 Å². The Labute approximate surface area is 180 Å². The molecule has 0 atom stereocenters. The molecule has 0 saturated heterocycles. The van der Waals surface area contributed by atoms with Gasteiger partial charge in [0.05, 0.1) is 5.52 Å². The second kappa shape index (κ2) is 8.55. The lowest BCUT2D eigenvalue weighted by Crippen LogP contribution is -2.36. The highest BCUT2D eigenvalue weighted by Crippen LogP contribution is 2.27. The van der Waals surface area contributed by atoms with Crippen molar-refractivity contribution in [1.82, 2.24) is 25.5 Å². The average molecular weight is 412 g/mol. The first kappa shape index (κ1) is 19.2. The molecule has 1 fully saturated rings. The molecule has 2 heterocycles. The molecule has 7 nitrogen and oxygen atoms in total. The molecule has 31 heavy (non-hydrogen) atoms. The first-order chi connectivity index (χ1) is 15.3. The van der Waals surface area contributed by atoms with Crippen molar-refractivity contribution in [2.45, 2.75) is 38.1 Å². The third-order valence-corrected chi connectivity index (χ3v) is 5.64. The number of hydrogen-bond acceptors (Lipinski definition) is 5. The highest BCUT2D eigenvalue weighted by atomic mass is 16.2. The zero-order valence-corrected chi connectivity index (χ0v) is 17.1. The highest BCUT2D eigenvalue weighted by molar-refractivity contribution is 5.95. The second-order valence-electron chi connectivity index (χ2n) is 7.88. The van der Waals surface area contributed by atoms with E-state index in [0.29, 0.717) is 23.2 Å². The number of fused-ring (bicyclic) bond motifs is 1. The Hall–Kier alpha value is -3.74. The third kappa shape index (κ3) is 4.26. The molecule has 1 aliphatic rings. The molecule has 4 aromatic rings. The molecule has 0 unspecified atom stereocenters. The summed E-state index contributed by atoms with van der Waals surface area (Å²) in [5.41, 5.74) is 2.21. The van der Waals surface area contributed by atoms with Gasteiger partial charge in [0.15, 0.2) is 11.6 Å². The van der Waals surface area contributed by atoms with Gasteiger partial charge in [-0.1, -0.05) is 61.7 Å². The summed E-state index contributed by atoms with van der Waals surface area (Å²) in [6.07, 6.45) is 5.68. The smallest absolute Gasteiger partial charge is 0.269 e. The SMILES string of the molecule is O=C(NC1CCCCC1)c1cc(Nc2nc(-c3ccccc3)nc3ccccc23)n[nH]1. The monoisotopic (exact) mass is 412 g/mol. The number of aromatic nitrogens is 4. The van der Waals surface area contributed by atoms with Crippen LogP contribution >= 0.6 is 0 Å². The van der Waals surface area contributed by atoms with Gasteiger partial charge in [-0.3, -0.25) is 9.89 Å². The quantitative estimate of drug-likeness (QED) is 0.436. The molecular weight excluding hydrogens is 388 g/mol. The lowest BCUT2D eigenvalue weighted by Gasteiger charge is -2.22. The number of H-pyrrole nitrogens is 1. The number of para-hydroxylation sites is 1. The van der Waals surface area contributed by atoms with Crippen LogP contribution in [0.4, 0.5) is 11.6 Å². The number of benzene rings is 2. The maximum absolute atomic E-state index is 12.6. The predicted molar refractivity (Wildman–Crippen MR) is 121 cm³/mol. The Morgan fingerprint density at radius 3 is 2.55 bits per heavy atom. The van der Waals surface area contributed by atoms with Crippen molar-refractivity contribution < 1.29 is 4.79 Å². The average Bonchev–Trinajstić information content (AvgIpc) is 3.29. The van der Waals surface area contributed by atoms with Gasteiger partial charge in [-0.25, -0.2) is 9.97 Å². The Morgan fingerprint density at radius 1 is 0.935 bits per heavy atom. The van der Waals surface area contributed by atoms with Gasteiger partial charge in [-0.15, -0.1) is 0 Å². The number of hydrogen-bond donors (Lipinski definition) is 3. The van der Waals surface area contributed by atoms with Crippen molar-refractivity contribution in [3.63, 3.8) is 0 Å². The van der Waals surface area contributed by atoms with Gasteiger partial charge in [0.2, 0.25) is 0 Å². The fraction of sp³-hybridized carbons (Fsp3) is 0.250. The van der Waals surface area contributed by atoms with E-state index in [2.05, 4.69) is 20.8 Å². The van der Waals surface area contributed by atoms with Crippen molar-refractivity contribution in [3.05, 3.63) is 66.4 Å². The van der Waals surface area contributed by atoms with E-state index in [4.69, 9.17) is 9.97 Å². The normalized spacial score (nSPS) is 14.5. The fourth-order valence-electron chi connectivity index (χ4n) is 4.02. The third-order valence-electron chi connectivity index (χ3n) is 5.64. The maximum atomic E-state index is 12.6. The van der Waals surface area contributed by atoms with Crippen LogP contribution in [0.2, 0.25) is 0 Å². The molecule has 0 bridgehead atoms. The Bertz CT molecular complexity index is 1200. The van der Waals surface area contributed by atoms with Crippen LogP contribution in [0.5, 0.6) is 0 Å². The minimum atomic E-state index is -0.120. The number of carbonyl (C=O) groups is 1. The van der Waals surface area contributed by atoms with E-state index >= 15 is 0 Å². The molecule has 5 rings (SSSR count). The minimum absolute atomic E-state index is 0.120. The van der Waals surface area contributed by atoms with Crippen LogP contribution in [0, 0.1) is 0 Å². The van der Waals surface area contributed by atoms with E-state index in [0.717, 1.165) is 29.3 Å². The van der Waals surface area contributed by atoms with Gasteiger partial charge in [-0.2, -0.15) is 5.10 Å². The number of rotatable bonds is 5. The van der Waals surface area contributed by atoms with E-state index in [1.807, 2.05) is 54.6 Å². The molecule has 156 valence electrons. The molecule has 3 N–H and O–H groups in total. The van der Waals surface area contributed by atoms with Gasteiger partial charge >= 0.3 is 0 Å². The molecule has 0 aliphatic heterocycles. The molecule has 1 aliphatic carbocycles. The summed E-state index contributed by atoms with van der Waals surface area (Å²) in [7, 11) is 0. The molecule has 1 amide bonds. The zero-order chi connectivity index (χ0) is 21.0.